The van der Waals surface area contributed by atoms with Crippen molar-refractivity contribution in [2.24, 2.45) is 4.99 Å². The minimum Gasteiger partial charge on any atom is -0.493 e. The molecule has 8 heteroatoms. The second kappa shape index (κ2) is 16.6. The van der Waals surface area contributed by atoms with E-state index in [1.807, 2.05) is 63.5 Å². The third-order valence-electron chi connectivity index (χ3n) is 4.33. The Labute approximate surface area is 209 Å². The van der Waals surface area contributed by atoms with Crippen LogP contribution < -0.4 is 20.1 Å². The molecule has 0 bridgehead atoms. The molecule has 2 N–H and O–H groups in total. The Morgan fingerprint density at radius 2 is 1.69 bits per heavy atom. The molecule has 0 saturated carbocycles. The van der Waals surface area contributed by atoms with Crippen LogP contribution in [0.25, 0.3) is 0 Å². The number of anilines is 1. The second-order valence-electron chi connectivity index (χ2n) is 7.34. The number of nitrogens with zero attached hydrogens (tertiary/aromatic N) is 2. The standard InChI is InChI=1S/C24H36N4O3.HI/c1-5-25-24(27-21-10-7-12-23(18-21)30-15-8-14-29-4)26-19-20-9-6-11-22(17-20)31-16-13-28(2)3;/h6-7,9-12,17-18H,5,8,13-16,19H2,1-4H3,(H2,25,26,27);1H. The van der Waals surface area contributed by atoms with Gasteiger partial charge in [0, 0.05) is 45.0 Å². The SMILES string of the molecule is CCNC(=NCc1cccc(OCCN(C)C)c1)Nc1cccc(OCCCOC)c1.I. The summed E-state index contributed by atoms with van der Waals surface area (Å²) < 4.78 is 16.7. The van der Waals surface area contributed by atoms with Crippen molar-refractivity contribution in [1.29, 1.82) is 0 Å². The van der Waals surface area contributed by atoms with Gasteiger partial charge in [0.15, 0.2) is 5.96 Å². The number of halogens is 1. The van der Waals surface area contributed by atoms with Crippen molar-refractivity contribution in [2.75, 3.05) is 59.4 Å². The molecule has 0 spiro atoms. The molecule has 0 saturated heterocycles. The van der Waals surface area contributed by atoms with Crippen molar-refractivity contribution >= 4 is 35.6 Å². The molecule has 0 unspecified atom stereocenters. The van der Waals surface area contributed by atoms with Gasteiger partial charge in [0.1, 0.15) is 18.1 Å². The molecular weight excluding hydrogens is 519 g/mol. The molecule has 0 radical (unpaired) electrons. The fourth-order valence-electron chi connectivity index (χ4n) is 2.75. The zero-order valence-corrected chi connectivity index (χ0v) is 21.9. The van der Waals surface area contributed by atoms with E-state index in [0.717, 1.165) is 48.2 Å². The number of nitrogens with one attached hydrogen (secondary N) is 2. The summed E-state index contributed by atoms with van der Waals surface area (Å²) in [6.07, 6.45) is 0.857. The van der Waals surface area contributed by atoms with Gasteiger partial charge in [0.2, 0.25) is 0 Å². The Kier molecular flexibility index (Phi) is 14.5. The molecule has 0 fully saturated rings. The monoisotopic (exact) mass is 556 g/mol. The Balaban J connectivity index is 0.00000512. The average Bonchev–Trinajstić information content (AvgIpc) is 2.76. The number of hydrogen-bond acceptors (Lipinski definition) is 5. The van der Waals surface area contributed by atoms with E-state index in [1.165, 1.54) is 0 Å². The van der Waals surface area contributed by atoms with Crippen LogP contribution in [-0.4, -0.2) is 65.0 Å². The summed E-state index contributed by atoms with van der Waals surface area (Å²) >= 11 is 0. The quantitative estimate of drug-likeness (QED) is 0.167. The summed E-state index contributed by atoms with van der Waals surface area (Å²) in [6, 6.07) is 15.9. The average molecular weight is 556 g/mol. The van der Waals surface area contributed by atoms with E-state index >= 15 is 0 Å². The summed E-state index contributed by atoms with van der Waals surface area (Å²) in [7, 11) is 5.76. The minimum absolute atomic E-state index is 0. The number of methoxy groups -OCH3 is 1. The molecule has 0 aliphatic carbocycles. The Hall–Kier alpha value is -2.04. The van der Waals surface area contributed by atoms with Gasteiger partial charge in [-0.1, -0.05) is 18.2 Å². The van der Waals surface area contributed by atoms with Crippen LogP contribution >= 0.6 is 24.0 Å². The Bertz CT molecular complexity index is 802. The highest BCUT2D eigenvalue weighted by atomic mass is 127. The number of rotatable bonds is 13. The summed E-state index contributed by atoms with van der Waals surface area (Å²) in [4.78, 5) is 6.82. The number of hydrogen-bond donors (Lipinski definition) is 2. The van der Waals surface area contributed by atoms with Crippen molar-refractivity contribution in [3.05, 3.63) is 54.1 Å². The molecule has 2 aromatic rings. The maximum Gasteiger partial charge on any atom is 0.196 e. The zero-order chi connectivity index (χ0) is 22.3. The van der Waals surface area contributed by atoms with Crippen LogP contribution in [0.5, 0.6) is 11.5 Å². The predicted molar refractivity (Wildman–Crippen MR) is 143 cm³/mol. The molecule has 0 aliphatic rings. The minimum atomic E-state index is 0. The van der Waals surface area contributed by atoms with E-state index < -0.39 is 0 Å². The highest BCUT2D eigenvalue weighted by Crippen LogP contribution is 2.18. The van der Waals surface area contributed by atoms with Crippen molar-refractivity contribution in [1.82, 2.24) is 10.2 Å². The lowest BCUT2D eigenvalue weighted by Gasteiger charge is -2.13. The number of benzene rings is 2. The molecule has 0 heterocycles. The molecule has 0 amide bonds. The summed E-state index contributed by atoms with van der Waals surface area (Å²) in [5, 5.41) is 6.64. The highest BCUT2D eigenvalue weighted by molar-refractivity contribution is 14.0. The van der Waals surface area contributed by atoms with E-state index in [-0.39, 0.29) is 24.0 Å². The first-order valence-electron chi connectivity index (χ1n) is 10.7. The van der Waals surface area contributed by atoms with Crippen LogP contribution in [0, 0.1) is 0 Å². The summed E-state index contributed by atoms with van der Waals surface area (Å²) in [6.45, 7) is 6.22. The zero-order valence-electron chi connectivity index (χ0n) is 19.6. The molecule has 0 atom stereocenters. The van der Waals surface area contributed by atoms with E-state index in [1.54, 1.807) is 7.11 Å². The van der Waals surface area contributed by atoms with Crippen molar-refractivity contribution in [3.63, 3.8) is 0 Å². The maximum atomic E-state index is 5.82. The van der Waals surface area contributed by atoms with Crippen molar-refractivity contribution < 1.29 is 14.2 Å². The van der Waals surface area contributed by atoms with E-state index in [9.17, 15) is 0 Å². The first-order valence-corrected chi connectivity index (χ1v) is 10.7. The maximum absolute atomic E-state index is 5.82. The van der Waals surface area contributed by atoms with Gasteiger partial charge in [-0.25, -0.2) is 4.99 Å². The molecular formula is C24H37IN4O3. The number of ether oxygens (including phenoxy) is 3. The first-order chi connectivity index (χ1) is 15.1. The molecule has 2 aromatic carbocycles. The third kappa shape index (κ3) is 11.5. The molecule has 0 aromatic heterocycles. The van der Waals surface area contributed by atoms with E-state index in [4.69, 9.17) is 19.2 Å². The molecule has 0 aliphatic heterocycles. The molecule has 178 valence electrons. The van der Waals surface area contributed by atoms with Gasteiger partial charge in [0.25, 0.3) is 0 Å². The van der Waals surface area contributed by atoms with Crippen LogP contribution in [0.1, 0.15) is 18.9 Å². The predicted octanol–water partition coefficient (Wildman–Crippen LogP) is 4.24. The molecule has 2 rings (SSSR count). The van der Waals surface area contributed by atoms with Gasteiger partial charge in [-0.15, -0.1) is 24.0 Å². The fourth-order valence-corrected chi connectivity index (χ4v) is 2.75. The normalized spacial score (nSPS) is 11.1. The van der Waals surface area contributed by atoms with Crippen molar-refractivity contribution in [2.45, 2.75) is 19.9 Å². The largest absolute Gasteiger partial charge is 0.493 e. The van der Waals surface area contributed by atoms with Crippen LogP contribution in [0.3, 0.4) is 0 Å². The van der Waals surface area contributed by atoms with Crippen LogP contribution in [0.4, 0.5) is 5.69 Å². The van der Waals surface area contributed by atoms with Crippen LogP contribution in [0.15, 0.2) is 53.5 Å². The van der Waals surface area contributed by atoms with Crippen molar-refractivity contribution in [3.8, 4) is 11.5 Å². The first kappa shape index (κ1) is 28.0. The smallest absolute Gasteiger partial charge is 0.196 e. The number of aliphatic imine (C=N–C) groups is 1. The molecule has 32 heavy (non-hydrogen) atoms. The van der Waals surface area contributed by atoms with Gasteiger partial charge >= 0.3 is 0 Å². The lowest BCUT2D eigenvalue weighted by atomic mass is 10.2. The third-order valence-corrected chi connectivity index (χ3v) is 4.33. The Morgan fingerprint density at radius 3 is 2.41 bits per heavy atom. The van der Waals surface area contributed by atoms with Gasteiger partial charge in [-0.05, 0) is 50.8 Å². The van der Waals surface area contributed by atoms with E-state index in [0.29, 0.717) is 26.4 Å². The van der Waals surface area contributed by atoms with Crippen LogP contribution in [-0.2, 0) is 11.3 Å². The van der Waals surface area contributed by atoms with Gasteiger partial charge in [-0.2, -0.15) is 0 Å². The summed E-state index contributed by atoms with van der Waals surface area (Å²) in [5.41, 5.74) is 2.01. The Morgan fingerprint density at radius 1 is 0.969 bits per heavy atom. The lowest BCUT2D eigenvalue weighted by Crippen LogP contribution is -2.30. The van der Waals surface area contributed by atoms with Crippen LogP contribution in [0.2, 0.25) is 0 Å². The topological polar surface area (TPSA) is 67.4 Å². The van der Waals surface area contributed by atoms with E-state index in [2.05, 4.69) is 21.6 Å². The fraction of sp³-hybridized carbons (Fsp3) is 0.458. The second-order valence-corrected chi connectivity index (χ2v) is 7.34. The van der Waals surface area contributed by atoms with Gasteiger partial charge < -0.3 is 29.7 Å². The van der Waals surface area contributed by atoms with Gasteiger partial charge in [0.05, 0.1) is 13.2 Å². The summed E-state index contributed by atoms with van der Waals surface area (Å²) in [5.74, 6) is 2.41. The number of likely N-dealkylation sites (N-methyl/N-ethyl adjacent to an activating group) is 1. The number of guanidine groups is 1. The highest BCUT2D eigenvalue weighted by Gasteiger charge is 2.03. The van der Waals surface area contributed by atoms with Gasteiger partial charge in [-0.3, -0.25) is 0 Å². The lowest BCUT2D eigenvalue weighted by molar-refractivity contribution is 0.172. The molecule has 7 nitrogen and oxygen atoms in total.